The van der Waals surface area contributed by atoms with Crippen molar-refractivity contribution < 1.29 is 88.2 Å². The zero-order valence-electron chi connectivity index (χ0n) is 29.6. The average molecular weight is 964 g/mol. The Morgan fingerprint density at radius 1 is 0.446 bits per heavy atom. The first-order valence-electron chi connectivity index (χ1n) is 14.6. The summed E-state index contributed by atoms with van der Waals surface area (Å²) in [6.07, 6.45) is 7.07. The van der Waals surface area contributed by atoms with Gasteiger partial charge in [-0.3, -0.25) is 19.9 Å². The molecule has 0 unspecified atom stereocenters. The summed E-state index contributed by atoms with van der Waals surface area (Å²) in [6, 6.07) is 29.1. The van der Waals surface area contributed by atoms with E-state index in [0.717, 1.165) is 34.2 Å². The van der Waals surface area contributed by atoms with Gasteiger partial charge in [-0.25, -0.2) is 4.98 Å². The van der Waals surface area contributed by atoms with Gasteiger partial charge in [0.05, 0.1) is 55.5 Å². The van der Waals surface area contributed by atoms with Crippen LogP contribution in [0, 0.1) is 0 Å². The van der Waals surface area contributed by atoms with E-state index in [1.54, 1.807) is 46.1 Å². The quantitative estimate of drug-likeness (QED) is 0.0933. The van der Waals surface area contributed by atoms with Crippen LogP contribution in [0.5, 0.6) is 0 Å². The number of carbonyl (C=O) groups is 1. The first-order valence-corrected chi connectivity index (χ1v) is 19.9. The molecule has 0 atom stereocenters. The normalized spacial score (nSPS) is 12.9. The molecule has 5 heterocycles. The fraction of sp³-hybridized carbons (Fsp3) is 0.161. The van der Waals surface area contributed by atoms with Crippen molar-refractivity contribution in [3.05, 3.63) is 116 Å². The number of hydrogen-bond acceptors (Lipinski definition) is 9. The van der Waals surface area contributed by atoms with Gasteiger partial charge < -0.3 is 4.79 Å². The Bertz CT molecular complexity index is 1690. The first-order chi connectivity index (χ1) is 24.9. The number of Topliss-reactive ketones (excluding diaryl/α,β-unsaturated/α-hetero) is 1. The van der Waals surface area contributed by atoms with Crippen LogP contribution in [0.2, 0.25) is 0 Å². The largest absolute Gasteiger partial charge is 2.00 e. The molecule has 0 saturated heterocycles. The third-order valence-corrected chi connectivity index (χ3v) is 5.70. The number of carbonyl (C=O) groups excluding carboxylic acids is 1. The van der Waals surface area contributed by atoms with Crippen LogP contribution in [-0.4, -0.2) is 52.0 Å². The maximum Gasteiger partial charge on any atom is 2.00 e. The number of nitrogens with zero attached hydrogens (tertiary/aromatic N) is 5. The van der Waals surface area contributed by atoms with Crippen molar-refractivity contribution in [3.63, 3.8) is 0 Å². The van der Waals surface area contributed by atoms with Crippen LogP contribution >= 0.6 is 24.2 Å². The molecule has 0 aliphatic carbocycles. The fourth-order valence-corrected chi connectivity index (χ4v) is 3.53. The fourth-order valence-electron chi connectivity index (χ4n) is 3.03. The molecule has 0 bridgehead atoms. The summed E-state index contributed by atoms with van der Waals surface area (Å²) >= 11 is 0. The maximum absolute atomic E-state index is 10.7. The molecule has 0 radical (unpaired) electrons. The second-order valence-corrected chi connectivity index (χ2v) is 15.5. The summed E-state index contributed by atoms with van der Waals surface area (Å²) in [6.45, 7) is 3.06. The van der Waals surface area contributed by atoms with Crippen LogP contribution in [0.25, 0.3) is 34.2 Å². The predicted molar refractivity (Wildman–Crippen MR) is 191 cm³/mol. The molecule has 25 heteroatoms. The zero-order chi connectivity index (χ0) is 42.5. The molecule has 0 fully saturated rings. The Labute approximate surface area is 327 Å². The van der Waals surface area contributed by atoms with Crippen molar-refractivity contribution in [2.45, 2.75) is 13.8 Å². The van der Waals surface area contributed by atoms with Crippen molar-refractivity contribution in [1.29, 1.82) is 0 Å². The van der Waals surface area contributed by atoms with Crippen LogP contribution in [0.1, 0.15) is 13.8 Å². The van der Waals surface area contributed by atoms with Gasteiger partial charge in [0, 0.05) is 24.8 Å². The minimum Gasteiger partial charge on any atom is -0.255 e. The monoisotopic (exact) mass is 964 g/mol. The van der Waals surface area contributed by atoms with Crippen molar-refractivity contribution in [2.24, 2.45) is 0 Å². The zero-order valence-corrected chi connectivity index (χ0v) is 34.1. The molecule has 56 heavy (non-hydrogen) atoms. The van der Waals surface area contributed by atoms with E-state index >= 15 is 0 Å². The minimum atomic E-state index is -10.7. The smallest absolute Gasteiger partial charge is 0.255 e. The SMILES string of the molecule is CC(C)=O.CO[PH+](OC)OC.F[P-](F)(F)(F)(F)F.F[P-](F)(F)(F)(F)F.[Ru+2].c1ccc(-c2cccc(-c3ccccn3)n2)nc1.c1ccc(-c2ccccn2)nc1. The van der Waals surface area contributed by atoms with Gasteiger partial charge in [0.25, 0.3) is 0 Å². The van der Waals surface area contributed by atoms with Gasteiger partial charge in [0.15, 0.2) is 0 Å². The molecule has 0 spiro atoms. The van der Waals surface area contributed by atoms with Gasteiger partial charge in [0.2, 0.25) is 0 Å². The van der Waals surface area contributed by atoms with E-state index in [0.29, 0.717) is 0 Å². The van der Waals surface area contributed by atoms with Crippen molar-refractivity contribution >= 4 is 30.0 Å². The number of aromatic nitrogens is 5. The predicted octanol–water partition coefficient (Wildman–Crippen LogP) is 13.6. The number of pyridine rings is 5. The molecule has 5 rings (SSSR count). The van der Waals surface area contributed by atoms with Gasteiger partial charge in [-0.15, -0.1) is 0 Å². The Morgan fingerprint density at radius 2 is 0.643 bits per heavy atom. The third-order valence-electron chi connectivity index (χ3n) is 4.70. The van der Waals surface area contributed by atoms with E-state index in [9.17, 15) is 55.2 Å². The van der Waals surface area contributed by atoms with Crippen molar-refractivity contribution in [3.8, 4) is 34.2 Å². The molecule has 0 saturated carbocycles. The molecule has 0 aliphatic heterocycles. The third kappa shape index (κ3) is 38.6. The summed E-state index contributed by atoms with van der Waals surface area (Å²) in [7, 11) is -18.0. The molecule has 5 aromatic rings. The molecule has 0 aromatic carbocycles. The standard InChI is InChI=1S/C15H11N3.C10H8N2.C3H10O3P.C3H6O.2F6P.Ru/c1-3-10-16-12(6-1)14-8-5-9-15(18-14)13-7-2-4-11-17-13;1-3-7-11-9(5-1)10-6-2-4-8-12-10;1-4-7(5-2)6-3;1-3(2)4;2*1-7(2,3,4,5)6;/h1-11H;1-8H;7H,1-3H3;1-2H3;;;/q;;+1;;2*-1;+2. The van der Waals surface area contributed by atoms with Gasteiger partial charge >= 0.3 is 94.1 Å². The summed E-state index contributed by atoms with van der Waals surface area (Å²) in [4.78, 5) is 31.0. The van der Waals surface area contributed by atoms with Crippen LogP contribution in [0.3, 0.4) is 0 Å². The second kappa shape index (κ2) is 21.8. The molecule has 0 aliphatic rings. The number of ketones is 1. The number of rotatable bonds is 6. The van der Waals surface area contributed by atoms with Crippen molar-refractivity contribution in [2.75, 3.05) is 21.3 Å². The molecular formula is C31H35F12N5O4P3Ru+. The van der Waals surface area contributed by atoms with Crippen LogP contribution in [0.4, 0.5) is 50.4 Å². The van der Waals surface area contributed by atoms with Crippen LogP contribution in [0.15, 0.2) is 116 Å². The van der Waals surface area contributed by atoms with E-state index in [2.05, 4.69) is 24.9 Å². The van der Waals surface area contributed by atoms with Gasteiger partial charge in [-0.1, -0.05) is 30.3 Å². The van der Waals surface area contributed by atoms with Gasteiger partial charge in [-0.05, 0) is 74.5 Å². The number of hydrogen-bond donors (Lipinski definition) is 0. The van der Waals surface area contributed by atoms with Gasteiger partial charge in [-0.2, -0.15) is 13.6 Å². The van der Waals surface area contributed by atoms with Crippen LogP contribution in [-0.2, 0) is 37.8 Å². The summed E-state index contributed by atoms with van der Waals surface area (Å²) in [5.74, 6) is 0.167. The molecular weight excluding hydrogens is 928 g/mol. The Balaban J connectivity index is 0. The van der Waals surface area contributed by atoms with E-state index < -0.39 is 24.2 Å². The molecule has 9 nitrogen and oxygen atoms in total. The molecule has 0 amide bonds. The average Bonchev–Trinajstić information content (AvgIpc) is 3.08. The van der Waals surface area contributed by atoms with E-state index in [1.165, 1.54) is 13.8 Å². The van der Waals surface area contributed by atoms with Crippen molar-refractivity contribution in [1.82, 2.24) is 24.9 Å². The second-order valence-electron chi connectivity index (χ2n) is 9.96. The Kier molecular flexibility index (Phi) is 21.2. The van der Waals surface area contributed by atoms with E-state index in [4.69, 9.17) is 13.6 Å². The molecule has 0 N–H and O–H groups in total. The first kappa shape index (κ1) is 54.5. The number of halogens is 12. The van der Waals surface area contributed by atoms with Crippen LogP contribution < -0.4 is 0 Å². The topological polar surface area (TPSA) is 109 Å². The molecule has 5 aromatic heterocycles. The Morgan fingerprint density at radius 3 is 0.804 bits per heavy atom. The van der Waals surface area contributed by atoms with E-state index in [1.807, 2.05) is 91.0 Å². The summed E-state index contributed by atoms with van der Waals surface area (Å²) in [5, 5.41) is 0. The summed E-state index contributed by atoms with van der Waals surface area (Å²) in [5.41, 5.74) is 5.29. The minimum absolute atomic E-state index is 0. The molecule has 314 valence electrons. The van der Waals surface area contributed by atoms with Gasteiger partial charge in [0.1, 0.15) is 5.78 Å². The Hall–Kier alpha value is -3.63. The maximum atomic E-state index is 9.87. The summed E-state index contributed by atoms with van der Waals surface area (Å²) < 4.78 is 133. The van der Waals surface area contributed by atoms with E-state index in [-0.39, 0.29) is 25.3 Å².